The normalized spacial score (nSPS) is 34.1. The highest BCUT2D eigenvalue weighted by atomic mass is 19.4. The number of carboxylic acids is 1. The summed E-state index contributed by atoms with van der Waals surface area (Å²) in [4.78, 5) is 22.8. The van der Waals surface area contributed by atoms with Crippen molar-refractivity contribution in [2.45, 2.75) is 37.9 Å². The van der Waals surface area contributed by atoms with Crippen LogP contribution in [0.4, 0.5) is 13.2 Å². The van der Waals surface area contributed by atoms with E-state index in [4.69, 9.17) is 5.11 Å². The Labute approximate surface area is 113 Å². The van der Waals surface area contributed by atoms with Crippen molar-refractivity contribution in [1.82, 2.24) is 10.6 Å². The van der Waals surface area contributed by atoms with Gasteiger partial charge in [0.15, 0.2) is 5.41 Å². The largest absolute Gasteiger partial charge is 0.481 e. The third kappa shape index (κ3) is 2.61. The molecule has 20 heavy (non-hydrogen) atoms. The molecule has 2 fully saturated rings. The lowest BCUT2D eigenvalue weighted by Gasteiger charge is -2.30. The number of nitrogens with one attached hydrogen (secondary N) is 2. The Balaban J connectivity index is 2.02. The van der Waals surface area contributed by atoms with Gasteiger partial charge in [0.1, 0.15) is 0 Å². The fraction of sp³-hybridized carbons (Fsp3) is 0.833. The lowest BCUT2D eigenvalue weighted by Crippen LogP contribution is -2.54. The van der Waals surface area contributed by atoms with E-state index in [1.54, 1.807) is 0 Å². The van der Waals surface area contributed by atoms with Gasteiger partial charge in [-0.15, -0.1) is 0 Å². The number of carbonyl (C=O) groups excluding carboxylic acids is 1. The second-order valence-electron chi connectivity index (χ2n) is 5.53. The zero-order chi connectivity index (χ0) is 15.0. The number of hydrogen-bond donors (Lipinski definition) is 3. The van der Waals surface area contributed by atoms with Crippen molar-refractivity contribution < 1.29 is 27.9 Å². The van der Waals surface area contributed by atoms with Crippen LogP contribution in [0.25, 0.3) is 0 Å². The van der Waals surface area contributed by atoms with E-state index in [0.29, 0.717) is 12.8 Å². The molecular formula is C12H17F3N2O3. The quantitative estimate of drug-likeness (QED) is 0.722. The van der Waals surface area contributed by atoms with Gasteiger partial charge in [-0.1, -0.05) is 0 Å². The zero-order valence-electron chi connectivity index (χ0n) is 10.8. The zero-order valence-corrected chi connectivity index (χ0v) is 10.8. The summed E-state index contributed by atoms with van der Waals surface area (Å²) in [5.74, 6) is -2.58. The van der Waals surface area contributed by atoms with Crippen molar-refractivity contribution >= 4 is 11.9 Å². The van der Waals surface area contributed by atoms with Gasteiger partial charge in [-0.25, -0.2) is 0 Å². The van der Waals surface area contributed by atoms with Gasteiger partial charge in [0.05, 0.1) is 5.92 Å². The van der Waals surface area contributed by atoms with Crippen LogP contribution in [0.5, 0.6) is 0 Å². The van der Waals surface area contributed by atoms with Crippen LogP contribution in [0.3, 0.4) is 0 Å². The van der Waals surface area contributed by atoms with Crippen LogP contribution in [0.1, 0.15) is 25.7 Å². The van der Waals surface area contributed by atoms with Crippen molar-refractivity contribution in [1.29, 1.82) is 0 Å². The van der Waals surface area contributed by atoms with Gasteiger partial charge in [0.2, 0.25) is 5.91 Å². The van der Waals surface area contributed by atoms with Crippen LogP contribution in [-0.2, 0) is 9.59 Å². The standard InChI is InChI=1S/C12H17F3N2O3/c13-12(14,15)11(3-4-16-6-11)10(20)17-8-2-1-7(5-8)9(18)19/h7-8,16H,1-6H2,(H,17,20)(H,18,19). The number of hydrogen-bond acceptors (Lipinski definition) is 3. The maximum Gasteiger partial charge on any atom is 0.404 e. The summed E-state index contributed by atoms with van der Waals surface area (Å²) in [5, 5.41) is 13.8. The first-order valence-corrected chi connectivity index (χ1v) is 6.57. The molecule has 3 unspecified atom stereocenters. The Kier molecular flexibility index (Phi) is 3.95. The van der Waals surface area contributed by atoms with Crippen molar-refractivity contribution in [3.05, 3.63) is 0 Å². The first-order valence-electron chi connectivity index (χ1n) is 6.57. The topological polar surface area (TPSA) is 78.4 Å². The molecule has 114 valence electrons. The molecule has 1 amide bonds. The number of amides is 1. The minimum absolute atomic E-state index is 0.148. The van der Waals surface area contributed by atoms with Crippen molar-refractivity contribution in [2.24, 2.45) is 11.3 Å². The fourth-order valence-corrected chi connectivity index (χ4v) is 2.92. The lowest BCUT2D eigenvalue weighted by atomic mass is 9.85. The minimum Gasteiger partial charge on any atom is -0.481 e. The Bertz CT molecular complexity index is 405. The van der Waals surface area contributed by atoms with Crippen molar-refractivity contribution in [3.8, 4) is 0 Å². The van der Waals surface area contributed by atoms with Crippen LogP contribution in [0.15, 0.2) is 0 Å². The van der Waals surface area contributed by atoms with Gasteiger partial charge in [-0.2, -0.15) is 13.2 Å². The number of aliphatic carboxylic acids is 1. The summed E-state index contributed by atoms with van der Waals surface area (Å²) < 4.78 is 39.5. The first kappa shape index (κ1) is 15.1. The minimum atomic E-state index is -4.61. The molecule has 1 aliphatic carbocycles. The maximum atomic E-state index is 13.2. The van der Waals surface area contributed by atoms with Gasteiger partial charge < -0.3 is 15.7 Å². The molecule has 5 nitrogen and oxygen atoms in total. The van der Waals surface area contributed by atoms with E-state index in [-0.39, 0.29) is 19.4 Å². The summed E-state index contributed by atoms with van der Waals surface area (Å²) in [7, 11) is 0. The van der Waals surface area contributed by atoms with Crippen LogP contribution >= 0.6 is 0 Å². The summed E-state index contributed by atoms with van der Waals surface area (Å²) in [6.07, 6.45) is -3.90. The van der Waals surface area contributed by atoms with E-state index in [1.165, 1.54) is 0 Å². The Morgan fingerprint density at radius 3 is 2.45 bits per heavy atom. The fourth-order valence-electron chi connectivity index (χ4n) is 2.92. The monoisotopic (exact) mass is 294 g/mol. The highest BCUT2D eigenvalue weighted by Crippen LogP contribution is 2.43. The van der Waals surface area contributed by atoms with E-state index < -0.39 is 42.0 Å². The Morgan fingerprint density at radius 2 is 2.00 bits per heavy atom. The van der Waals surface area contributed by atoms with Crippen LogP contribution in [-0.4, -0.2) is 42.3 Å². The van der Waals surface area contributed by atoms with Gasteiger partial charge in [0, 0.05) is 12.6 Å². The molecule has 2 rings (SSSR count). The van der Waals surface area contributed by atoms with Crippen LogP contribution in [0, 0.1) is 11.3 Å². The highest BCUT2D eigenvalue weighted by molar-refractivity contribution is 5.84. The molecule has 3 atom stereocenters. The highest BCUT2D eigenvalue weighted by Gasteiger charge is 2.61. The molecule has 0 aromatic rings. The molecule has 1 saturated heterocycles. The van der Waals surface area contributed by atoms with E-state index in [9.17, 15) is 22.8 Å². The molecule has 1 aliphatic heterocycles. The molecule has 0 aromatic heterocycles. The number of alkyl halides is 3. The number of halogens is 3. The molecule has 1 saturated carbocycles. The molecule has 0 aromatic carbocycles. The van der Waals surface area contributed by atoms with E-state index >= 15 is 0 Å². The predicted molar refractivity (Wildman–Crippen MR) is 62.9 cm³/mol. The van der Waals surface area contributed by atoms with Crippen LogP contribution < -0.4 is 10.6 Å². The van der Waals surface area contributed by atoms with Crippen LogP contribution in [0.2, 0.25) is 0 Å². The van der Waals surface area contributed by atoms with Crippen molar-refractivity contribution in [3.63, 3.8) is 0 Å². The number of carbonyl (C=O) groups is 2. The number of carboxylic acid groups (broad SMARTS) is 1. The average Bonchev–Trinajstić information content (AvgIpc) is 2.96. The molecular weight excluding hydrogens is 277 g/mol. The predicted octanol–water partition coefficient (Wildman–Crippen LogP) is 0.898. The van der Waals surface area contributed by atoms with Gasteiger partial charge in [-0.05, 0) is 32.2 Å². The molecule has 0 radical (unpaired) electrons. The second kappa shape index (κ2) is 5.23. The molecule has 1 heterocycles. The smallest absolute Gasteiger partial charge is 0.404 e. The Hall–Kier alpha value is -1.31. The summed E-state index contributed by atoms with van der Waals surface area (Å²) in [5.41, 5.74) is -2.38. The maximum absolute atomic E-state index is 13.2. The molecule has 8 heteroatoms. The molecule has 0 spiro atoms. The van der Waals surface area contributed by atoms with Gasteiger partial charge >= 0.3 is 12.1 Å². The SMILES string of the molecule is O=C(O)C1CCC(NC(=O)C2(C(F)(F)F)CCNC2)C1. The first-order chi connectivity index (χ1) is 9.26. The van der Waals surface area contributed by atoms with E-state index in [2.05, 4.69) is 10.6 Å². The van der Waals surface area contributed by atoms with Gasteiger partial charge in [0.25, 0.3) is 0 Å². The van der Waals surface area contributed by atoms with Crippen molar-refractivity contribution in [2.75, 3.05) is 13.1 Å². The lowest BCUT2D eigenvalue weighted by molar-refractivity contribution is -0.216. The van der Waals surface area contributed by atoms with Gasteiger partial charge in [-0.3, -0.25) is 9.59 Å². The molecule has 2 aliphatic rings. The molecule has 0 bridgehead atoms. The average molecular weight is 294 g/mol. The number of rotatable bonds is 3. The third-order valence-electron chi connectivity index (χ3n) is 4.25. The molecule has 3 N–H and O–H groups in total. The third-order valence-corrected chi connectivity index (χ3v) is 4.25. The summed E-state index contributed by atoms with van der Waals surface area (Å²) in [6, 6.07) is -0.483. The summed E-state index contributed by atoms with van der Waals surface area (Å²) >= 11 is 0. The van der Waals surface area contributed by atoms with E-state index in [1.807, 2.05) is 0 Å². The Morgan fingerprint density at radius 1 is 1.30 bits per heavy atom. The van der Waals surface area contributed by atoms with E-state index in [0.717, 1.165) is 0 Å². The summed E-state index contributed by atoms with van der Waals surface area (Å²) in [6.45, 7) is -0.271. The second-order valence-corrected chi connectivity index (χ2v) is 5.53.